The molecule has 8 heteroatoms. The van der Waals surface area contributed by atoms with Crippen molar-refractivity contribution in [3.63, 3.8) is 0 Å². The number of pyridine rings is 2. The maximum Gasteiger partial charge on any atom is 0.169 e. The van der Waals surface area contributed by atoms with Gasteiger partial charge in [-0.3, -0.25) is 0 Å². The normalized spacial score (nSPS) is 14.5. The summed E-state index contributed by atoms with van der Waals surface area (Å²) < 4.78 is 11.3. The second-order valence-electron chi connectivity index (χ2n) is 6.32. The highest BCUT2D eigenvalue weighted by Gasteiger charge is 2.15. The fourth-order valence-electron chi connectivity index (χ4n) is 3.04. The second kappa shape index (κ2) is 7.71. The standard InChI is InChI=1S/C19H22N6O2/c1-2-7-27-15-10-14(24-19-17(15)18(20)22-12-23-19)13-3-4-16(21-11-13)25-5-8-26-9-6-25/h3-4,10-12H,2,5-9H2,1H3,(H2,20,22,23,24). The van der Waals surface area contributed by atoms with Crippen LogP contribution in [0.4, 0.5) is 11.6 Å². The Morgan fingerprint density at radius 2 is 2.04 bits per heavy atom. The van der Waals surface area contributed by atoms with Crippen LogP contribution >= 0.6 is 0 Å². The highest BCUT2D eigenvalue weighted by Crippen LogP contribution is 2.32. The molecule has 0 aliphatic carbocycles. The van der Waals surface area contributed by atoms with Gasteiger partial charge >= 0.3 is 0 Å². The molecule has 8 nitrogen and oxygen atoms in total. The highest BCUT2D eigenvalue weighted by atomic mass is 16.5. The molecule has 0 bridgehead atoms. The molecule has 0 spiro atoms. The predicted octanol–water partition coefficient (Wildman–Crippen LogP) is 2.29. The largest absolute Gasteiger partial charge is 0.493 e. The zero-order valence-corrected chi connectivity index (χ0v) is 15.3. The molecule has 0 saturated carbocycles. The van der Waals surface area contributed by atoms with Crippen molar-refractivity contribution in [2.24, 2.45) is 0 Å². The van der Waals surface area contributed by atoms with Crippen LogP contribution in [0.2, 0.25) is 0 Å². The molecule has 1 aliphatic rings. The fourth-order valence-corrected chi connectivity index (χ4v) is 3.04. The Labute approximate surface area is 157 Å². The molecule has 140 valence electrons. The van der Waals surface area contributed by atoms with Gasteiger partial charge in [-0.25, -0.2) is 19.9 Å². The van der Waals surface area contributed by atoms with Gasteiger partial charge in [-0.2, -0.15) is 0 Å². The van der Waals surface area contributed by atoms with E-state index in [0.717, 1.165) is 49.8 Å². The zero-order chi connectivity index (χ0) is 18.6. The summed E-state index contributed by atoms with van der Waals surface area (Å²) >= 11 is 0. The predicted molar refractivity (Wildman–Crippen MR) is 104 cm³/mol. The molecule has 0 aromatic carbocycles. The smallest absolute Gasteiger partial charge is 0.169 e. The van der Waals surface area contributed by atoms with E-state index in [0.29, 0.717) is 29.2 Å². The third-order valence-corrected chi connectivity index (χ3v) is 4.44. The molecular weight excluding hydrogens is 344 g/mol. The molecule has 0 amide bonds. The van der Waals surface area contributed by atoms with Crippen LogP contribution in [0.3, 0.4) is 0 Å². The van der Waals surface area contributed by atoms with Gasteiger partial charge in [0.1, 0.15) is 29.1 Å². The van der Waals surface area contributed by atoms with E-state index in [-0.39, 0.29) is 0 Å². The molecule has 4 heterocycles. The number of anilines is 2. The molecule has 4 rings (SSSR count). The Bertz CT molecular complexity index is 925. The van der Waals surface area contributed by atoms with Crippen LogP contribution < -0.4 is 15.4 Å². The van der Waals surface area contributed by atoms with Gasteiger partial charge in [0.15, 0.2) is 5.65 Å². The Kier molecular flexibility index (Phi) is 4.97. The van der Waals surface area contributed by atoms with Crippen molar-refractivity contribution in [1.29, 1.82) is 0 Å². The van der Waals surface area contributed by atoms with Crippen LogP contribution in [0, 0.1) is 0 Å². The highest BCUT2D eigenvalue weighted by molar-refractivity contribution is 5.93. The van der Waals surface area contributed by atoms with Crippen LogP contribution in [0.5, 0.6) is 5.75 Å². The lowest BCUT2D eigenvalue weighted by Gasteiger charge is -2.27. The first-order valence-electron chi connectivity index (χ1n) is 9.09. The number of nitrogens with two attached hydrogens (primary N) is 1. The molecule has 0 atom stereocenters. The van der Waals surface area contributed by atoms with Gasteiger partial charge in [0, 0.05) is 30.9 Å². The Balaban J connectivity index is 1.70. The number of fused-ring (bicyclic) bond motifs is 1. The van der Waals surface area contributed by atoms with Crippen LogP contribution in [-0.2, 0) is 4.74 Å². The number of rotatable bonds is 5. The summed E-state index contributed by atoms with van der Waals surface area (Å²) in [5.74, 6) is 1.95. The maximum atomic E-state index is 6.02. The van der Waals surface area contributed by atoms with Crippen molar-refractivity contribution >= 4 is 22.7 Å². The third-order valence-electron chi connectivity index (χ3n) is 4.44. The number of hydrogen-bond acceptors (Lipinski definition) is 8. The molecule has 0 unspecified atom stereocenters. The molecule has 1 fully saturated rings. The summed E-state index contributed by atoms with van der Waals surface area (Å²) in [6.45, 7) is 5.81. The van der Waals surface area contributed by atoms with Crippen LogP contribution in [-0.4, -0.2) is 52.8 Å². The number of hydrogen-bond donors (Lipinski definition) is 1. The SMILES string of the molecule is CCCOc1cc(-c2ccc(N3CCOCC3)nc2)nc2ncnc(N)c12. The van der Waals surface area contributed by atoms with Gasteiger partial charge in [0.05, 0.1) is 25.5 Å². The van der Waals surface area contributed by atoms with Crippen molar-refractivity contribution in [1.82, 2.24) is 19.9 Å². The molecular formula is C19H22N6O2. The zero-order valence-electron chi connectivity index (χ0n) is 15.3. The van der Waals surface area contributed by atoms with Gasteiger partial charge in [0.25, 0.3) is 0 Å². The Hall–Kier alpha value is -3.00. The monoisotopic (exact) mass is 366 g/mol. The van der Waals surface area contributed by atoms with Crippen molar-refractivity contribution in [3.05, 3.63) is 30.7 Å². The Morgan fingerprint density at radius 1 is 1.19 bits per heavy atom. The van der Waals surface area contributed by atoms with Crippen molar-refractivity contribution < 1.29 is 9.47 Å². The van der Waals surface area contributed by atoms with E-state index >= 15 is 0 Å². The molecule has 27 heavy (non-hydrogen) atoms. The van der Waals surface area contributed by atoms with Crippen molar-refractivity contribution in [2.45, 2.75) is 13.3 Å². The van der Waals surface area contributed by atoms with Gasteiger partial charge in [-0.15, -0.1) is 0 Å². The maximum absolute atomic E-state index is 6.02. The Morgan fingerprint density at radius 3 is 2.78 bits per heavy atom. The van der Waals surface area contributed by atoms with E-state index in [4.69, 9.17) is 15.2 Å². The second-order valence-corrected chi connectivity index (χ2v) is 6.32. The lowest BCUT2D eigenvalue weighted by atomic mass is 10.1. The lowest BCUT2D eigenvalue weighted by molar-refractivity contribution is 0.122. The van der Waals surface area contributed by atoms with E-state index in [9.17, 15) is 0 Å². The van der Waals surface area contributed by atoms with E-state index in [2.05, 4.69) is 31.8 Å². The fraction of sp³-hybridized carbons (Fsp3) is 0.368. The first-order valence-corrected chi connectivity index (χ1v) is 9.09. The molecule has 3 aromatic heterocycles. The summed E-state index contributed by atoms with van der Waals surface area (Å²) in [6.07, 6.45) is 4.13. The summed E-state index contributed by atoms with van der Waals surface area (Å²) in [4.78, 5) is 19.8. The molecule has 1 aliphatic heterocycles. The van der Waals surface area contributed by atoms with Gasteiger partial charge in [-0.1, -0.05) is 6.92 Å². The summed E-state index contributed by atoms with van der Waals surface area (Å²) in [7, 11) is 0. The molecule has 1 saturated heterocycles. The van der Waals surface area contributed by atoms with E-state index in [1.54, 1.807) is 0 Å². The first kappa shape index (κ1) is 17.4. The number of morpholine rings is 1. The molecule has 0 radical (unpaired) electrons. The van der Waals surface area contributed by atoms with Gasteiger partial charge < -0.3 is 20.1 Å². The third kappa shape index (κ3) is 3.61. The number of nitrogens with zero attached hydrogens (tertiary/aromatic N) is 5. The van der Waals surface area contributed by atoms with Crippen LogP contribution in [0.25, 0.3) is 22.3 Å². The number of nitrogen functional groups attached to an aromatic ring is 1. The summed E-state index contributed by atoms with van der Waals surface area (Å²) in [6, 6.07) is 5.90. The van der Waals surface area contributed by atoms with Gasteiger partial charge in [0.2, 0.25) is 0 Å². The minimum absolute atomic E-state index is 0.367. The van der Waals surface area contributed by atoms with Crippen LogP contribution in [0.1, 0.15) is 13.3 Å². The van der Waals surface area contributed by atoms with Crippen molar-refractivity contribution in [3.8, 4) is 17.0 Å². The number of aromatic nitrogens is 4. The summed E-state index contributed by atoms with van der Waals surface area (Å²) in [5, 5.41) is 0.646. The molecule has 3 aromatic rings. The lowest BCUT2D eigenvalue weighted by Crippen LogP contribution is -2.36. The quantitative estimate of drug-likeness (QED) is 0.734. The van der Waals surface area contributed by atoms with Gasteiger partial charge in [-0.05, 0) is 18.6 Å². The van der Waals surface area contributed by atoms with E-state index in [1.165, 1.54) is 6.33 Å². The average molecular weight is 366 g/mol. The first-order chi connectivity index (χ1) is 13.3. The van der Waals surface area contributed by atoms with Crippen molar-refractivity contribution in [2.75, 3.05) is 43.5 Å². The van der Waals surface area contributed by atoms with E-state index < -0.39 is 0 Å². The summed E-state index contributed by atoms with van der Waals surface area (Å²) in [5.41, 5.74) is 8.18. The van der Waals surface area contributed by atoms with Crippen LogP contribution in [0.15, 0.2) is 30.7 Å². The molecule has 2 N–H and O–H groups in total. The average Bonchev–Trinajstić information content (AvgIpc) is 2.72. The van der Waals surface area contributed by atoms with E-state index in [1.807, 2.05) is 24.4 Å². The minimum atomic E-state index is 0.367. The topological polar surface area (TPSA) is 99.3 Å². The number of ether oxygens (including phenoxy) is 2. The minimum Gasteiger partial charge on any atom is -0.493 e.